The van der Waals surface area contributed by atoms with E-state index in [1.165, 1.54) is 0 Å². The molecular formula is C11H18O5S. The average Bonchev–Trinajstić information content (AvgIpc) is 2.17. The van der Waals surface area contributed by atoms with Crippen molar-refractivity contribution in [3.05, 3.63) is 0 Å². The summed E-state index contributed by atoms with van der Waals surface area (Å²) in [5.74, 6) is -1.78. The molecule has 0 aliphatic rings. The lowest BCUT2D eigenvalue weighted by atomic mass is 10.2. The van der Waals surface area contributed by atoms with Crippen LogP contribution in [0.3, 0.4) is 0 Å². The number of esters is 2. The van der Waals surface area contributed by atoms with Crippen LogP contribution in [0.25, 0.3) is 0 Å². The molecule has 0 spiro atoms. The van der Waals surface area contributed by atoms with Gasteiger partial charge in [-0.3, -0.25) is 9.59 Å². The molecule has 0 aliphatic carbocycles. The minimum absolute atomic E-state index is 0.0416. The van der Waals surface area contributed by atoms with Crippen molar-refractivity contribution >= 4 is 33.1 Å². The minimum atomic E-state index is -0.643. The molecule has 0 rings (SSSR count). The van der Waals surface area contributed by atoms with Crippen LogP contribution in [0, 0.1) is 0 Å². The van der Waals surface area contributed by atoms with Crippen LogP contribution in [0.2, 0.25) is 0 Å². The van der Waals surface area contributed by atoms with E-state index in [1.807, 2.05) is 0 Å². The molecule has 0 bridgehead atoms. The first-order valence-electron chi connectivity index (χ1n) is 5.24. The van der Waals surface area contributed by atoms with Crippen LogP contribution in [0.1, 0.15) is 20.3 Å². The van der Waals surface area contributed by atoms with Gasteiger partial charge in [0.2, 0.25) is 0 Å². The van der Waals surface area contributed by atoms with E-state index in [2.05, 4.69) is 4.74 Å². The molecule has 0 aromatic rings. The number of ether oxygens (including phenoxy) is 2. The van der Waals surface area contributed by atoms with Crippen molar-refractivity contribution in [1.29, 1.82) is 0 Å². The Morgan fingerprint density at radius 3 is 1.94 bits per heavy atom. The van der Waals surface area contributed by atoms with Crippen molar-refractivity contribution in [2.45, 2.75) is 20.3 Å². The maximum absolute atomic E-state index is 11.8. The Kier molecular flexibility index (Phi) is 7.45. The maximum atomic E-state index is 11.8. The third kappa shape index (κ3) is 5.63. The largest absolute Gasteiger partial charge is 0.466 e. The van der Waals surface area contributed by atoms with Gasteiger partial charge in [-0.15, -0.1) is 0 Å². The Labute approximate surface area is 103 Å². The fourth-order valence-electron chi connectivity index (χ4n) is 1.13. The summed E-state index contributed by atoms with van der Waals surface area (Å²) < 4.78 is 9.45. The molecule has 17 heavy (non-hydrogen) atoms. The monoisotopic (exact) mass is 262 g/mol. The number of ketones is 1. The highest BCUT2D eigenvalue weighted by atomic mass is 32.2. The average molecular weight is 262 g/mol. The quantitative estimate of drug-likeness (QED) is 0.402. The number of rotatable bonds is 6. The van der Waals surface area contributed by atoms with E-state index in [1.54, 1.807) is 26.4 Å². The Morgan fingerprint density at radius 2 is 1.53 bits per heavy atom. The van der Waals surface area contributed by atoms with E-state index >= 15 is 0 Å². The zero-order valence-corrected chi connectivity index (χ0v) is 11.4. The zero-order valence-electron chi connectivity index (χ0n) is 10.6. The third-order valence-electron chi connectivity index (χ3n) is 1.73. The lowest BCUT2D eigenvalue weighted by molar-refractivity contribution is -0.144. The van der Waals surface area contributed by atoms with E-state index in [0.717, 1.165) is 0 Å². The van der Waals surface area contributed by atoms with Crippen molar-refractivity contribution in [2.24, 2.45) is 0 Å². The van der Waals surface area contributed by atoms with Crippen LogP contribution in [0.15, 0.2) is 0 Å². The Morgan fingerprint density at radius 1 is 1.00 bits per heavy atom. The number of carbonyl (C=O) groups is 3. The second-order valence-corrected chi connectivity index (χ2v) is 5.31. The molecule has 0 saturated heterocycles. The van der Waals surface area contributed by atoms with Crippen LogP contribution in [0.5, 0.6) is 0 Å². The molecule has 0 aromatic heterocycles. The molecule has 0 heterocycles. The van der Waals surface area contributed by atoms with Gasteiger partial charge in [0.15, 0.2) is 5.78 Å². The van der Waals surface area contributed by atoms with Gasteiger partial charge < -0.3 is 9.47 Å². The summed E-state index contributed by atoms with van der Waals surface area (Å²) in [6, 6.07) is 0. The fourth-order valence-corrected chi connectivity index (χ4v) is 2.05. The number of carbonyl (C=O) groups excluding carboxylic acids is 3. The Hall–Kier alpha value is -1.17. The van der Waals surface area contributed by atoms with Crippen molar-refractivity contribution in [3.8, 4) is 0 Å². The van der Waals surface area contributed by atoms with Gasteiger partial charge in [0, 0.05) is 0 Å². The smallest absolute Gasteiger partial charge is 0.347 e. The highest BCUT2D eigenvalue weighted by molar-refractivity contribution is 8.16. The molecule has 0 radical (unpaired) electrons. The van der Waals surface area contributed by atoms with Gasteiger partial charge in [-0.05, 0) is 26.4 Å². The molecule has 98 valence electrons. The third-order valence-corrected chi connectivity index (χ3v) is 2.94. The second kappa shape index (κ2) is 8.00. The summed E-state index contributed by atoms with van der Waals surface area (Å²) in [6.45, 7) is 3.73. The summed E-state index contributed by atoms with van der Waals surface area (Å²) in [7, 11) is -0.551. The lowest BCUT2D eigenvalue weighted by Gasteiger charge is -2.08. The predicted octanol–water partition coefficient (Wildman–Crippen LogP) is 0.773. The van der Waals surface area contributed by atoms with Crippen molar-refractivity contribution in [1.82, 2.24) is 0 Å². The minimum Gasteiger partial charge on any atom is -0.466 e. The molecule has 0 saturated carbocycles. The van der Waals surface area contributed by atoms with Crippen LogP contribution in [0.4, 0.5) is 0 Å². The van der Waals surface area contributed by atoms with Crippen LogP contribution >= 0.6 is 10.5 Å². The topological polar surface area (TPSA) is 69.7 Å². The molecule has 0 N–H and O–H groups in total. The molecule has 5 nitrogen and oxygen atoms in total. The summed E-state index contributed by atoms with van der Waals surface area (Å²) in [5.41, 5.74) is 0. The SMILES string of the molecule is CCOC(=O)CC(=O)C(C(=O)OCC)=S(C)C. The first-order chi connectivity index (χ1) is 7.93. The second-order valence-electron chi connectivity index (χ2n) is 3.27. The zero-order chi connectivity index (χ0) is 13.4. The van der Waals surface area contributed by atoms with Crippen LogP contribution in [-0.4, -0.2) is 48.3 Å². The molecule has 0 aromatic carbocycles. The number of hydrogen-bond donors (Lipinski definition) is 0. The van der Waals surface area contributed by atoms with E-state index in [0.29, 0.717) is 0 Å². The normalized spacial score (nSPS) is 9.94. The molecule has 0 fully saturated rings. The van der Waals surface area contributed by atoms with Gasteiger partial charge in [0.25, 0.3) is 0 Å². The summed E-state index contributed by atoms with van der Waals surface area (Å²) in [5, 5.41) is 0. The predicted molar refractivity (Wildman–Crippen MR) is 67.3 cm³/mol. The molecule has 0 aliphatic heterocycles. The van der Waals surface area contributed by atoms with Gasteiger partial charge in [0.1, 0.15) is 11.3 Å². The fraction of sp³-hybridized carbons (Fsp3) is 0.636. The highest BCUT2D eigenvalue weighted by Gasteiger charge is 2.23. The van der Waals surface area contributed by atoms with E-state index in [-0.39, 0.29) is 18.1 Å². The van der Waals surface area contributed by atoms with Gasteiger partial charge in [0.05, 0.1) is 13.2 Å². The first kappa shape index (κ1) is 15.8. The molecular weight excluding hydrogens is 244 g/mol. The Bertz CT molecular complexity index is 342. The van der Waals surface area contributed by atoms with Crippen LogP contribution in [-0.2, 0) is 23.9 Å². The maximum Gasteiger partial charge on any atom is 0.347 e. The molecule has 6 heteroatoms. The van der Waals surface area contributed by atoms with Crippen molar-refractivity contribution < 1.29 is 23.9 Å². The van der Waals surface area contributed by atoms with E-state index in [4.69, 9.17) is 4.74 Å². The van der Waals surface area contributed by atoms with Gasteiger partial charge in [-0.25, -0.2) is 4.79 Å². The first-order valence-corrected chi connectivity index (χ1v) is 7.28. The lowest BCUT2D eigenvalue weighted by Crippen LogP contribution is -2.28. The highest BCUT2D eigenvalue weighted by Crippen LogP contribution is 2.08. The summed E-state index contributed by atoms with van der Waals surface area (Å²) in [4.78, 5) is 34.5. The number of hydrogen-bond acceptors (Lipinski definition) is 5. The molecule has 0 unspecified atom stereocenters. The van der Waals surface area contributed by atoms with Gasteiger partial charge in [-0.2, -0.15) is 10.5 Å². The standard InChI is InChI=1S/C11H18O5S/c1-5-15-9(13)7-8(12)10(17(3)4)11(14)16-6-2/h5-7H2,1-4H3. The summed E-state index contributed by atoms with van der Waals surface area (Å²) >= 11 is 0. The summed E-state index contributed by atoms with van der Waals surface area (Å²) in [6.07, 6.45) is 3.05. The Balaban J connectivity index is 4.76. The van der Waals surface area contributed by atoms with Crippen molar-refractivity contribution in [3.63, 3.8) is 0 Å². The molecule has 0 atom stereocenters. The molecule has 0 amide bonds. The van der Waals surface area contributed by atoms with E-state index in [9.17, 15) is 14.4 Å². The van der Waals surface area contributed by atoms with Gasteiger partial charge >= 0.3 is 11.9 Å². The van der Waals surface area contributed by atoms with Gasteiger partial charge in [-0.1, -0.05) is 0 Å². The van der Waals surface area contributed by atoms with Crippen LogP contribution < -0.4 is 0 Å². The number of Topliss-reactive ketones (excluding diaryl/α,β-unsaturated/α-hetero) is 1. The van der Waals surface area contributed by atoms with E-state index < -0.39 is 34.6 Å². The van der Waals surface area contributed by atoms with Crippen molar-refractivity contribution in [2.75, 3.05) is 25.7 Å².